The summed E-state index contributed by atoms with van der Waals surface area (Å²) in [6.07, 6.45) is 2.07. The Bertz CT molecular complexity index is 458. The molecule has 3 heteroatoms. The molecule has 0 saturated heterocycles. The van der Waals surface area contributed by atoms with Crippen LogP contribution < -0.4 is 9.47 Å². The Morgan fingerprint density at radius 1 is 1.00 bits per heavy atom. The van der Waals surface area contributed by atoms with Gasteiger partial charge in [0.25, 0.3) is 0 Å². The molecule has 19 heavy (non-hydrogen) atoms. The Labute approximate surface area is 114 Å². The maximum absolute atomic E-state index is 13.9. The first-order valence-electron chi connectivity index (χ1n) is 6.76. The summed E-state index contributed by atoms with van der Waals surface area (Å²) in [4.78, 5) is 0. The summed E-state index contributed by atoms with van der Waals surface area (Å²) in [5.41, 5.74) is 0.623. The van der Waals surface area contributed by atoms with Crippen molar-refractivity contribution in [2.45, 2.75) is 40.0 Å². The first kappa shape index (κ1) is 15.4. The fourth-order valence-corrected chi connectivity index (χ4v) is 1.72. The van der Waals surface area contributed by atoms with Crippen molar-refractivity contribution in [3.8, 4) is 23.3 Å². The van der Waals surface area contributed by atoms with Crippen LogP contribution in [0.3, 0.4) is 0 Å². The quantitative estimate of drug-likeness (QED) is 0.724. The van der Waals surface area contributed by atoms with Crippen molar-refractivity contribution in [2.24, 2.45) is 0 Å². The molecule has 0 fully saturated rings. The first-order chi connectivity index (χ1) is 9.22. The molecule has 104 valence electrons. The second kappa shape index (κ2) is 8.42. The monoisotopic (exact) mass is 264 g/mol. The van der Waals surface area contributed by atoms with Crippen LogP contribution in [0.4, 0.5) is 4.39 Å². The van der Waals surface area contributed by atoms with Crippen molar-refractivity contribution in [3.63, 3.8) is 0 Å². The predicted octanol–water partition coefficient (Wildman–Crippen LogP) is 3.97. The summed E-state index contributed by atoms with van der Waals surface area (Å²) in [6.45, 7) is 6.77. The minimum atomic E-state index is -0.259. The lowest BCUT2D eigenvalue weighted by atomic mass is 10.1. The largest absolute Gasteiger partial charge is 0.490 e. The first-order valence-corrected chi connectivity index (χ1v) is 6.76. The summed E-state index contributed by atoms with van der Waals surface area (Å²) in [6, 6.07) is 3.12. The summed E-state index contributed by atoms with van der Waals surface area (Å²) in [7, 11) is 0. The molecule has 0 spiro atoms. The summed E-state index contributed by atoms with van der Waals surface area (Å²) >= 11 is 0. The van der Waals surface area contributed by atoms with Gasteiger partial charge in [0, 0.05) is 18.9 Å². The van der Waals surface area contributed by atoms with E-state index in [9.17, 15) is 4.39 Å². The lowest BCUT2D eigenvalue weighted by Gasteiger charge is -2.13. The van der Waals surface area contributed by atoms with Crippen LogP contribution in [-0.4, -0.2) is 13.2 Å². The Balaban J connectivity index is 2.89. The normalized spacial score (nSPS) is 9.68. The van der Waals surface area contributed by atoms with Gasteiger partial charge in [-0.25, -0.2) is 4.39 Å². The Morgan fingerprint density at radius 2 is 1.63 bits per heavy atom. The van der Waals surface area contributed by atoms with Crippen molar-refractivity contribution < 1.29 is 13.9 Å². The van der Waals surface area contributed by atoms with Crippen LogP contribution in [0.15, 0.2) is 12.1 Å². The third kappa shape index (κ3) is 4.82. The molecule has 0 bridgehead atoms. The molecule has 1 aromatic carbocycles. The number of benzene rings is 1. The molecular weight excluding hydrogens is 243 g/mol. The zero-order chi connectivity index (χ0) is 14.1. The molecule has 0 saturated carbocycles. The summed E-state index contributed by atoms with van der Waals surface area (Å²) in [5, 5.41) is 0. The highest BCUT2D eigenvalue weighted by atomic mass is 19.1. The fourth-order valence-electron chi connectivity index (χ4n) is 1.72. The highest BCUT2D eigenvalue weighted by Crippen LogP contribution is 2.31. The smallest absolute Gasteiger partial charge is 0.164 e. The summed E-state index contributed by atoms with van der Waals surface area (Å²) in [5.74, 6) is 6.80. The number of rotatable bonds is 6. The van der Waals surface area contributed by atoms with Gasteiger partial charge in [-0.05, 0) is 31.9 Å². The Kier molecular flexibility index (Phi) is 6.81. The van der Waals surface area contributed by atoms with E-state index in [0.717, 1.165) is 6.42 Å². The van der Waals surface area contributed by atoms with Crippen LogP contribution in [0.2, 0.25) is 0 Å². The number of hydrogen-bond acceptors (Lipinski definition) is 2. The van der Waals surface area contributed by atoms with E-state index in [1.54, 1.807) is 6.07 Å². The molecule has 0 aromatic heterocycles. The number of aryl methyl sites for hydroxylation is 1. The van der Waals surface area contributed by atoms with Crippen LogP contribution in [-0.2, 0) is 6.42 Å². The minimum Gasteiger partial charge on any atom is -0.490 e. The topological polar surface area (TPSA) is 18.5 Å². The average molecular weight is 264 g/mol. The highest BCUT2D eigenvalue weighted by molar-refractivity contribution is 5.44. The van der Waals surface area contributed by atoms with E-state index in [2.05, 4.69) is 11.8 Å². The lowest BCUT2D eigenvalue weighted by Crippen LogP contribution is -2.01. The van der Waals surface area contributed by atoms with Gasteiger partial charge in [-0.2, -0.15) is 0 Å². The summed E-state index contributed by atoms with van der Waals surface area (Å²) < 4.78 is 24.8. The van der Waals surface area contributed by atoms with Crippen LogP contribution in [0, 0.1) is 17.7 Å². The van der Waals surface area contributed by atoms with Crippen molar-refractivity contribution in [3.05, 3.63) is 23.5 Å². The molecular formula is C16H21FO2. The minimum absolute atomic E-state index is 0.259. The number of ether oxygens (including phenoxy) is 2. The van der Waals surface area contributed by atoms with Gasteiger partial charge in [0.2, 0.25) is 0 Å². The fraction of sp³-hybridized carbons (Fsp3) is 0.500. The van der Waals surface area contributed by atoms with E-state index in [1.807, 2.05) is 20.8 Å². The maximum Gasteiger partial charge on any atom is 0.164 e. The molecule has 0 heterocycles. The zero-order valence-electron chi connectivity index (χ0n) is 11.9. The molecule has 2 nitrogen and oxygen atoms in total. The van der Waals surface area contributed by atoms with Gasteiger partial charge < -0.3 is 9.47 Å². The van der Waals surface area contributed by atoms with Gasteiger partial charge >= 0.3 is 0 Å². The number of hydrogen-bond donors (Lipinski definition) is 0. The molecule has 0 amide bonds. The van der Waals surface area contributed by atoms with Crippen molar-refractivity contribution in [1.82, 2.24) is 0 Å². The average Bonchev–Trinajstić information content (AvgIpc) is 2.39. The van der Waals surface area contributed by atoms with Gasteiger partial charge in [-0.1, -0.05) is 6.92 Å². The third-order valence-electron chi connectivity index (χ3n) is 2.53. The molecule has 0 aliphatic rings. The van der Waals surface area contributed by atoms with E-state index in [-0.39, 0.29) is 5.82 Å². The van der Waals surface area contributed by atoms with E-state index >= 15 is 0 Å². The van der Waals surface area contributed by atoms with Gasteiger partial charge in [-0.3, -0.25) is 0 Å². The standard InChI is InChI=1S/C16H21FO2/c1-4-7-8-9-10-13-11-15(18-5-2)16(19-6-3)12-14(13)17/h11-12H,4-6,9-10H2,1-3H3. The van der Waals surface area contributed by atoms with Gasteiger partial charge in [0.15, 0.2) is 11.5 Å². The van der Waals surface area contributed by atoms with Crippen molar-refractivity contribution in [1.29, 1.82) is 0 Å². The van der Waals surface area contributed by atoms with Crippen LogP contribution in [0.1, 0.15) is 39.2 Å². The predicted molar refractivity (Wildman–Crippen MR) is 75.1 cm³/mol. The third-order valence-corrected chi connectivity index (χ3v) is 2.53. The second-order valence-electron chi connectivity index (χ2n) is 3.96. The van der Waals surface area contributed by atoms with E-state index in [4.69, 9.17) is 9.47 Å². The SMILES string of the molecule is CCC#CCCc1cc(OCC)c(OCC)cc1F. The lowest BCUT2D eigenvalue weighted by molar-refractivity contribution is 0.285. The van der Waals surface area contributed by atoms with Crippen LogP contribution in [0.5, 0.6) is 11.5 Å². The molecule has 0 N–H and O–H groups in total. The zero-order valence-corrected chi connectivity index (χ0v) is 11.9. The molecule has 0 radical (unpaired) electrons. The molecule has 0 aliphatic carbocycles. The van der Waals surface area contributed by atoms with Crippen molar-refractivity contribution >= 4 is 0 Å². The van der Waals surface area contributed by atoms with E-state index in [1.165, 1.54) is 6.07 Å². The molecule has 0 atom stereocenters. The Morgan fingerprint density at radius 3 is 2.21 bits per heavy atom. The van der Waals surface area contributed by atoms with Crippen LogP contribution >= 0.6 is 0 Å². The molecule has 0 aliphatic heterocycles. The highest BCUT2D eigenvalue weighted by Gasteiger charge is 2.11. The molecule has 0 unspecified atom stereocenters. The van der Waals surface area contributed by atoms with Gasteiger partial charge in [0.1, 0.15) is 5.82 Å². The van der Waals surface area contributed by atoms with Crippen LogP contribution in [0.25, 0.3) is 0 Å². The molecule has 1 rings (SSSR count). The van der Waals surface area contributed by atoms with E-state index in [0.29, 0.717) is 43.1 Å². The Hall–Kier alpha value is -1.69. The number of halogens is 1. The van der Waals surface area contributed by atoms with E-state index < -0.39 is 0 Å². The molecule has 1 aromatic rings. The second-order valence-corrected chi connectivity index (χ2v) is 3.96. The van der Waals surface area contributed by atoms with Crippen molar-refractivity contribution in [2.75, 3.05) is 13.2 Å². The maximum atomic E-state index is 13.9. The van der Waals surface area contributed by atoms with Gasteiger partial charge in [-0.15, -0.1) is 11.8 Å². The van der Waals surface area contributed by atoms with Gasteiger partial charge in [0.05, 0.1) is 13.2 Å².